The molecule has 0 saturated heterocycles. The third kappa shape index (κ3) is 2.87. The van der Waals surface area contributed by atoms with E-state index in [2.05, 4.69) is 15.9 Å². The Morgan fingerprint density at radius 3 is 2.64 bits per heavy atom. The average Bonchev–Trinajstić information content (AvgIpc) is 2.14. The molecule has 0 saturated carbocycles. The van der Waals surface area contributed by atoms with Gasteiger partial charge in [-0.1, -0.05) is 28.1 Å². The molecule has 76 valence electrons. The first-order chi connectivity index (χ1) is 6.65. The van der Waals surface area contributed by atoms with E-state index in [1.807, 2.05) is 0 Å². The fourth-order valence-electron chi connectivity index (χ4n) is 1.13. The van der Waals surface area contributed by atoms with Crippen LogP contribution in [-0.4, -0.2) is 6.29 Å². The average molecular weight is 263 g/mol. The zero-order chi connectivity index (χ0) is 10.6. The molecule has 0 amide bonds. The van der Waals surface area contributed by atoms with Gasteiger partial charge in [-0.15, -0.1) is 0 Å². The summed E-state index contributed by atoms with van der Waals surface area (Å²) in [6.45, 7) is 0. The molecule has 0 aliphatic heterocycles. The number of rotatable bonds is 4. The Hall–Kier alpha value is -0.770. The monoisotopic (exact) mass is 262 g/mol. The van der Waals surface area contributed by atoms with E-state index in [0.717, 1.165) is 11.8 Å². The van der Waals surface area contributed by atoms with Gasteiger partial charge < -0.3 is 4.79 Å². The van der Waals surface area contributed by atoms with Gasteiger partial charge in [0.25, 0.3) is 6.43 Å². The number of alkyl halides is 2. The van der Waals surface area contributed by atoms with Crippen molar-refractivity contribution in [1.29, 1.82) is 0 Å². The van der Waals surface area contributed by atoms with E-state index in [-0.39, 0.29) is 5.56 Å². The number of hydrogen-bond donors (Lipinski definition) is 0. The van der Waals surface area contributed by atoms with Crippen LogP contribution in [0.25, 0.3) is 0 Å². The van der Waals surface area contributed by atoms with Crippen molar-refractivity contribution in [3.05, 3.63) is 33.8 Å². The van der Waals surface area contributed by atoms with Crippen LogP contribution in [-0.2, 0) is 11.2 Å². The number of hydrogen-bond acceptors (Lipinski definition) is 1. The first-order valence-corrected chi connectivity index (χ1v) is 4.94. The predicted molar refractivity (Wildman–Crippen MR) is 53.5 cm³/mol. The Bertz CT molecular complexity index is 326. The molecule has 1 aromatic carbocycles. The van der Waals surface area contributed by atoms with Gasteiger partial charge in [-0.2, -0.15) is 0 Å². The van der Waals surface area contributed by atoms with E-state index in [1.165, 1.54) is 6.07 Å². The van der Waals surface area contributed by atoms with Crippen molar-refractivity contribution in [2.24, 2.45) is 0 Å². The first kappa shape index (κ1) is 11.3. The molecule has 0 aliphatic rings. The molecule has 0 aliphatic carbocycles. The van der Waals surface area contributed by atoms with Crippen LogP contribution in [0.1, 0.15) is 24.0 Å². The van der Waals surface area contributed by atoms with E-state index in [1.54, 1.807) is 12.1 Å². The van der Waals surface area contributed by atoms with Gasteiger partial charge in [-0.3, -0.25) is 0 Å². The molecular formula is C10H9BrF2O. The number of aryl methyl sites for hydroxylation is 1. The van der Waals surface area contributed by atoms with E-state index in [0.29, 0.717) is 17.3 Å². The maximum atomic E-state index is 12.3. The summed E-state index contributed by atoms with van der Waals surface area (Å²) in [6, 6.07) is 4.63. The number of carbonyl (C=O) groups is 1. The van der Waals surface area contributed by atoms with Crippen LogP contribution in [0.2, 0.25) is 0 Å². The van der Waals surface area contributed by atoms with Crippen molar-refractivity contribution in [3.63, 3.8) is 0 Å². The molecule has 0 spiro atoms. The summed E-state index contributed by atoms with van der Waals surface area (Å²) < 4.78 is 25.0. The Balaban J connectivity index is 2.83. The van der Waals surface area contributed by atoms with Gasteiger partial charge in [0, 0.05) is 16.5 Å². The van der Waals surface area contributed by atoms with E-state index in [4.69, 9.17) is 0 Å². The highest BCUT2D eigenvalue weighted by molar-refractivity contribution is 9.10. The molecule has 0 bridgehead atoms. The lowest BCUT2D eigenvalue weighted by molar-refractivity contribution is -0.107. The van der Waals surface area contributed by atoms with Crippen molar-refractivity contribution in [2.75, 3.05) is 0 Å². The second-order valence-electron chi connectivity index (χ2n) is 2.86. The van der Waals surface area contributed by atoms with Crippen LogP contribution < -0.4 is 0 Å². The van der Waals surface area contributed by atoms with Gasteiger partial charge in [0.05, 0.1) is 0 Å². The minimum Gasteiger partial charge on any atom is -0.303 e. The molecule has 0 radical (unpaired) electrons. The number of carbonyl (C=O) groups excluding carboxylic acids is 1. The zero-order valence-electron chi connectivity index (χ0n) is 7.34. The van der Waals surface area contributed by atoms with Crippen LogP contribution >= 0.6 is 15.9 Å². The number of benzene rings is 1. The molecule has 0 heterocycles. The van der Waals surface area contributed by atoms with Gasteiger partial charge in [-0.25, -0.2) is 8.78 Å². The van der Waals surface area contributed by atoms with Crippen LogP contribution in [0.5, 0.6) is 0 Å². The van der Waals surface area contributed by atoms with Crippen molar-refractivity contribution in [2.45, 2.75) is 19.3 Å². The SMILES string of the molecule is O=CCCc1ccc(C(F)F)c(Br)c1. The fourth-order valence-corrected chi connectivity index (χ4v) is 1.73. The van der Waals surface area contributed by atoms with Crippen LogP contribution in [0.3, 0.4) is 0 Å². The molecule has 4 heteroatoms. The largest absolute Gasteiger partial charge is 0.303 e. The second-order valence-corrected chi connectivity index (χ2v) is 3.72. The second kappa shape index (κ2) is 5.20. The summed E-state index contributed by atoms with van der Waals surface area (Å²) in [6.07, 6.45) is -0.648. The third-order valence-corrected chi connectivity index (χ3v) is 2.54. The summed E-state index contributed by atoms with van der Waals surface area (Å²) in [4.78, 5) is 10.1. The van der Waals surface area contributed by atoms with Crippen molar-refractivity contribution >= 4 is 22.2 Å². The van der Waals surface area contributed by atoms with Gasteiger partial charge >= 0.3 is 0 Å². The third-order valence-electron chi connectivity index (χ3n) is 1.85. The van der Waals surface area contributed by atoms with Gasteiger partial charge in [0.1, 0.15) is 6.29 Å². The van der Waals surface area contributed by atoms with Crippen molar-refractivity contribution < 1.29 is 13.6 Å². The summed E-state index contributed by atoms with van der Waals surface area (Å²) in [5.74, 6) is 0. The topological polar surface area (TPSA) is 17.1 Å². The Morgan fingerprint density at radius 1 is 1.43 bits per heavy atom. The molecule has 0 N–H and O–H groups in total. The maximum Gasteiger partial charge on any atom is 0.264 e. The molecule has 0 atom stereocenters. The Morgan fingerprint density at radius 2 is 2.14 bits per heavy atom. The molecule has 14 heavy (non-hydrogen) atoms. The molecule has 0 aromatic heterocycles. The first-order valence-electron chi connectivity index (χ1n) is 4.15. The molecule has 1 rings (SSSR count). The Kier molecular flexibility index (Phi) is 4.20. The van der Waals surface area contributed by atoms with E-state index < -0.39 is 6.43 Å². The van der Waals surface area contributed by atoms with Gasteiger partial charge in [0.2, 0.25) is 0 Å². The zero-order valence-corrected chi connectivity index (χ0v) is 8.93. The highest BCUT2D eigenvalue weighted by Gasteiger charge is 2.11. The lowest BCUT2D eigenvalue weighted by Gasteiger charge is -2.05. The predicted octanol–water partition coefficient (Wildman–Crippen LogP) is 3.52. The minimum absolute atomic E-state index is 0.0140. The van der Waals surface area contributed by atoms with Crippen LogP contribution in [0.4, 0.5) is 8.78 Å². The quantitative estimate of drug-likeness (QED) is 0.759. The van der Waals surface area contributed by atoms with E-state index >= 15 is 0 Å². The summed E-state index contributed by atoms with van der Waals surface area (Å²) >= 11 is 3.07. The molecule has 0 fully saturated rings. The van der Waals surface area contributed by atoms with Gasteiger partial charge in [0.15, 0.2) is 0 Å². The van der Waals surface area contributed by atoms with Crippen molar-refractivity contribution in [1.82, 2.24) is 0 Å². The molecule has 1 aromatic rings. The molecular weight excluding hydrogens is 254 g/mol. The smallest absolute Gasteiger partial charge is 0.264 e. The lowest BCUT2D eigenvalue weighted by atomic mass is 10.1. The number of aldehydes is 1. The summed E-state index contributed by atoms with van der Waals surface area (Å²) in [5.41, 5.74) is 0.869. The molecule has 0 unspecified atom stereocenters. The summed E-state index contributed by atoms with van der Waals surface area (Å²) in [7, 11) is 0. The fraction of sp³-hybridized carbons (Fsp3) is 0.300. The minimum atomic E-state index is -2.47. The normalized spacial score (nSPS) is 10.6. The van der Waals surface area contributed by atoms with Gasteiger partial charge in [-0.05, 0) is 18.1 Å². The Labute approximate surface area is 89.3 Å². The van der Waals surface area contributed by atoms with Crippen LogP contribution in [0, 0.1) is 0 Å². The summed E-state index contributed by atoms with van der Waals surface area (Å²) in [5, 5.41) is 0. The number of halogens is 3. The maximum absolute atomic E-state index is 12.3. The van der Waals surface area contributed by atoms with E-state index in [9.17, 15) is 13.6 Å². The highest BCUT2D eigenvalue weighted by atomic mass is 79.9. The highest BCUT2D eigenvalue weighted by Crippen LogP contribution is 2.28. The lowest BCUT2D eigenvalue weighted by Crippen LogP contribution is -1.90. The van der Waals surface area contributed by atoms with Crippen LogP contribution in [0.15, 0.2) is 22.7 Å². The standard InChI is InChI=1S/C10H9BrF2O/c11-9-6-7(2-1-5-14)3-4-8(9)10(12)13/h3-6,10H,1-2H2. The molecule has 1 nitrogen and oxygen atoms in total. The van der Waals surface area contributed by atoms with Crippen molar-refractivity contribution in [3.8, 4) is 0 Å².